The van der Waals surface area contributed by atoms with Crippen molar-refractivity contribution in [3.05, 3.63) is 23.7 Å². The largest absolute Gasteiger partial charge is 0.467 e. The summed E-state index contributed by atoms with van der Waals surface area (Å²) in [6.07, 6.45) is 5.60. The summed E-state index contributed by atoms with van der Waals surface area (Å²) in [6, 6.07) is 2.06. The number of ether oxygens (including phenoxy) is 2. The van der Waals surface area contributed by atoms with E-state index in [1.807, 2.05) is 0 Å². The lowest BCUT2D eigenvalue weighted by molar-refractivity contribution is -0.0472. The smallest absolute Gasteiger partial charge is 0.129 e. The van der Waals surface area contributed by atoms with E-state index in [9.17, 15) is 0 Å². The molecule has 0 bridgehead atoms. The van der Waals surface area contributed by atoms with Gasteiger partial charge in [-0.25, -0.2) is 0 Å². The third-order valence-corrected chi connectivity index (χ3v) is 3.35. The topological polar surface area (TPSA) is 43.6 Å². The molecule has 4 heteroatoms. The molecule has 1 aromatic rings. The van der Waals surface area contributed by atoms with E-state index in [0.717, 1.165) is 30.9 Å². The first-order chi connectivity index (χ1) is 9.53. The van der Waals surface area contributed by atoms with Crippen molar-refractivity contribution in [2.24, 2.45) is 0 Å². The van der Waals surface area contributed by atoms with E-state index < -0.39 is 0 Å². The van der Waals surface area contributed by atoms with Gasteiger partial charge in [0.05, 0.1) is 19.0 Å². The molecule has 0 spiro atoms. The maximum Gasteiger partial charge on any atom is 0.129 e. The molecule has 0 radical (unpaired) electrons. The minimum Gasteiger partial charge on any atom is -0.467 e. The van der Waals surface area contributed by atoms with Gasteiger partial charge >= 0.3 is 0 Å². The molecule has 1 aliphatic heterocycles. The van der Waals surface area contributed by atoms with Gasteiger partial charge in [-0.15, -0.1) is 0 Å². The van der Waals surface area contributed by atoms with E-state index in [0.29, 0.717) is 13.2 Å². The zero-order valence-corrected chi connectivity index (χ0v) is 12.9. The van der Waals surface area contributed by atoms with Crippen LogP contribution in [-0.4, -0.2) is 24.9 Å². The van der Waals surface area contributed by atoms with Gasteiger partial charge < -0.3 is 19.2 Å². The average molecular weight is 281 g/mol. The monoisotopic (exact) mass is 281 g/mol. The van der Waals surface area contributed by atoms with Crippen molar-refractivity contribution in [2.45, 2.75) is 64.8 Å². The Hall–Kier alpha value is -0.840. The molecule has 1 fully saturated rings. The number of rotatable bonds is 6. The van der Waals surface area contributed by atoms with Gasteiger partial charge in [0.2, 0.25) is 0 Å². The number of hydrogen-bond donors (Lipinski definition) is 1. The van der Waals surface area contributed by atoms with Crippen LogP contribution >= 0.6 is 0 Å². The highest BCUT2D eigenvalue weighted by atomic mass is 16.5. The molecule has 2 rings (SSSR count). The number of nitrogens with one attached hydrogen (secondary N) is 1. The van der Waals surface area contributed by atoms with E-state index in [-0.39, 0.29) is 11.6 Å². The molecule has 0 saturated carbocycles. The molecule has 0 amide bonds. The predicted octanol–water partition coefficient (Wildman–Crippen LogP) is 3.25. The minimum atomic E-state index is 0.117. The number of hydrogen-bond acceptors (Lipinski definition) is 4. The molecular weight excluding hydrogens is 254 g/mol. The quantitative estimate of drug-likeness (QED) is 0.869. The first kappa shape index (κ1) is 15.5. The van der Waals surface area contributed by atoms with Gasteiger partial charge in [-0.1, -0.05) is 0 Å². The standard InChI is InChI=1S/C16H27NO3/c1-16(2,3)17-9-13-8-15(20-10-13)12-18-11-14-6-4-5-7-19-14/h8,10,14,17H,4-7,9,11-12H2,1-3H3. The predicted molar refractivity (Wildman–Crippen MR) is 78.5 cm³/mol. The van der Waals surface area contributed by atoms with Crippen molar-refractivity contribution in [3.63, 3.8) is 0 Å². The Balaban J connectivity index is 1.67. The van der Waals surface area contributed by atoms with E-state index in [1.54, 1.807) is 6.26 Å². The number of furan rings is 1. The average Bonchev–Trinajstić information content (AvgIpc) is 2.85. The van der Waals surface area contributed by atoms with Gasteiger partial charge in [-0.2, -0.15) is 0 Å². The second-order valence-corrected chi connectivity index (χ2v) is 6.53. The Morgan fingerprint density at radius 1 is 1.35 bits per heavy atom. The van der Waals surface area contributed by atoms with Gasteiger partial charge in [-0.05, 0) is 46.1 Å². The lowest BCUT2D eigenvalue weighted by atomic mass is 10.1. The molecule has 4 nitrogen and oxygen atoms in total. The molecule has 20 heavy (non-hydrogen) atoms. The Bertz CT molecular complexity index is 389. The van der Waals surface area contributed by atoms with Crippen molar-refractivity contribution < 1.29 is 13.9 Å². The summed E-state index contributed by atoms with van der Waals surface area (Å²) in [6.45, 7) is 9.34. The highest BCUT2D eigenvalue weighted by molar-refractivity contribution is 5.12. The fourth-order valence-electron chi connectivity index (χ4n) is 2.19. The highest BCUT2D eigenvalue weighted by Gasteiger charge is 2.14. The summed E-state index contributed by atoms with van der Waals surface area (Å²) in [5.74, 6) is 0.881. The van der Waals surface area contributed by atoms with Crippen LogP contribution in [0.3, 0.4) is 0 Å². The van der Waals surface area contributed by atoms with Gasteiger partial charge in [0.1, 0.15) is 12.4 Å². The van der Waals surface area contributed by atoms with E-state index in [4.69, 9.17) is 13.9 Å². The summed E-state index contributed by atoms with van der Waals surface area (Å²) in [5, 5.41) is 3.44. The Labute approximate surface area is 121 Å². The minimum absolute atomic E-state index is 0.117. The second kappa shape index (κ2) is 7.25. The second-order valence-electron chi connectivity index (χ2n) is 6.53. The van der Waals surface area contributed by atoms with Gasteiger partial charge in [-0.3, -0.25) is 0 Å². The molecule has 0 aromatic carbocycles. The fourth-order valence-corrected chi connectivity index (χ4v) is 2.19. The molecule has 1 unspecified atom stereocenters. The maximum atomic E-state index is 5.68. The molecule has 114 valence electrons. The van der Waals surface area contributed by atoms with Crippen molar-refractivity contribution >= 4 is 0 Å². The third-order valence-electron chi connectivity index (χ3n) is 3.35. The third kappa shape index (κ3) is 5.65. The molecular formula is C16H27NO3. The van der Waals surface area contributed by atoms with Crippen LogP contribution < -0.4 is 5.32 Å². The highest BCUT2D eigenvalue weighted by Crippen LogP contribution is 2.15. The molecule has 1 atom stereocenters. The molecule has 1 aliphatic rings. The summed E-state index contributed by atoms with van der Waals surface area (Å²) < 4.78 is 16.8. The van der Waals surface area contributed by atoms with Crippen LogP contribution in [-0.2, 0) is 22.6 Å². The van der Waals surface area contributed by atoms with E-state index >= 15 is 0 Å². The van der Waals surface area contributed by atoms with Crippen molar-refractivity contribution in [2.75, 3.05) is 13.2 Å². The molecule has 2 heterocycles. The Morgan fingerprint density at radius 3 is 2.90 bits per heavy atom. The van der Waals surface area contributed by atoms with Crippen LogP contribution in [0.4, 0.5) is 0 Å². The lowest BCUT2D eigenvalue weighted by Gasteiger charge is -2.22. The van der Waals surface area contributed by atoms with E-state index in [1.165, 1.54) is 12.8 Å². The maximum absolute atomic E-state index is 5.68. The van der Waals surface area contributed by atoms with Gasteiger partial charge in [0.25, 0.3) is 0 Å². The first-order valence-corrected chi connectivity index (χ1v) is 7.53. The Kier molecular flexibility index (Phi) is 5.64. The molecule has 0 aliphatic carbocycles. The first-order valence-electron chi connectivity index (χ1n) is 7.53. The van der Waals surface area contributed by atoms with Gasteiger partial charge in [0.15, 0.2) is 0 Å². The molecule has 1 saturated heterocycles. The van der Waals surface area contributed by atoms with Crippen LogP contribution in [0.2, 0.25) is 0 Å². The van der Waals surface area contributed by atoms with Crippen LogP contribution in [0.1, 0.15) is 51.4 Å². The van der Waals surface area contributed by atoms with Crippen LogP contribution in [0.5, 0.6) is 0 Å². The summed E-state index contributed by atoms with van der Waals surface area (Å²) in [7, 11) is 0. The summed E-state index contributed by atoms with van der Waals surface area (Å²) in [4.78, 5) is 0. The van der Waals surface area contributed by atoms with Crippen LogP contribution in [0.15, 0.2) is 16.7 Å². The molecule has 1 N–H and O–H groups in total. The Morgan fingerprint density at radius 2 is 2.20 bits per heavy atom. The lowest BCUT2D eigenvalue weighted by Crippen LogP contribution is -2.34. The van der Waals surface area contributed by atoms with Crippen LogP contribution in [0, 0.1) is 0 Å². The summed E-state index contributed by atoms with van der Waals surface area (Å²) in [5.41, 5.74) is 1.28. The van der Waals surface area contributed by atoms with E-state index in [2.05, 4.69) is 32.2 Å². The van der Waals surface area contributed by atoms with Crippen molar-refractivity contribution in [3.8, 4) is 0 Å². The van der Waals surface area contributed by atoms with Gasteiger partial charge in [0, 0.05) is 24.3 Å². The van der Waals surface area contributed by atoms with Crippen LogP contribution in [0.25, 0.3) is 0 Å². The SMILES string of the molecule is CC(C)(C)NCc1coc(COCC2CCCCO2)c1. The van der Waals surface area contributed by atoms with Crippen molar-refractivity contribution in [1.82, 2.24) is 5.32 Å². The fraction of sp³-hybridized carbons (Fsp3) is 0.750. The van der Waals surface area contributed by atoms with Crippen molar-refractivity contribution in [1.29, 1.82) is 0 Å². The normalized spacial score (nSPS) is 20.2. The molecule has 1 aromatic heterocycles. The zero-order chi connectivity index (χ0) is 14.4. The summed E-state index contributed by atoms with van der Waals surface area (Å²) >= 11 is 0. The zero-order valence-electron chi connectivity index (χ0n) is 12.9.